The molecule has 0 aliphatic carbocycles. The molecule has 2 aliphatic rings. The minimum Gasteiger partial charge on any atom is -0.430 e. The maximum absolute atomic E-state index is 4.98. The van der Waals surface area contributed by atoms with Gasteiger partial charge >= 0.3 is 16.8 Å². The zero-order valence-corrected chi connectivity index (χ0v) is 8.74. The van der Waals surface area contributed by atoms with Crippen LogP contribution in [0.2, 0.25) is 0 Å². The molecule has 4 nitrogen and oxygen atoms in total. The third-order valence-electron chi connectivity index (χ3n) is 1.57. The Balaban J connectivity index is 0.000000206. The van der Waals surface area contributed by atoms with Gasteiger partial charge in [0.25, 0.3) is 0 Å². The first kappa shape index (κ1) is 13.3. The molecule has 0 atom stereocenters. The average molecular weight is 237 g/mol. The Morgan fingerprint density at radius 2 is 0.923 bits per heavy atom. The summed E-state index contributed by atoms with van der Waals surface area (Å²) < 4.78 is 18.1. The van der Waals surface area contributed by atoms with Gasteiger partial charge in [-0.05, 0) is 0 Å². The van der Waals surface area contributed by atoms with Crippen LogP contribution in [0.4, 0.5) is 0 Å². The molecule has 2 fully saturated rings. The SMILES string of the molecule is C1C[OH+]CCO1.C1C[OH+]CCO1.[Co+2]. The summed E-state index contributed by atoms with van der Waals surface area (Å²) in [5, 5.41) is 0. The monoisotopic (exact) mass is 237 g/mol. The Hall–Kier alpha value is 0.346. The van der Waals surface area contributed by atoms with Crippen molar-refractivity contribution in [3.8, 4) is 0 Å². The molecule has 0 bridgehead atoms. The maximum Gasteiger partial charge on any atom is 2.00 e. The van der Waals surface area contributed by atoms with Crippen molar-refractivity contribution in [2.75, 3.05) is 52.9 Å². The van der Waals surface area contributed by atoms with E-state index < -0.39 is 0 Å². The van der Waals surface area contributed by atoms with E-state index in [2.05, 4.69) is 9.47 Å². The van der Waals surface area contributed by atoms with Crippen molar-refractivity contribution in [1.29, 1.82) is 0 Å². The van der Waals surface area contributed by atoms with Crippen LogP contribution in [0.1, 0.15) is 0 Å². The topological polar surface area (TPSA) is 44.1 Å². The molecular formula is C8H18CoO4+4. The fourth-order valence-electron chi connectivity index (χ4n) is 0.944. The molecule has 0 spiro atoms. The van der Waals surface area contributed by atoms with Crippen molar-refractivity contribution >= 4 is 0 Å². The molecule has 2 N–H and O–H groups in total. The predicted molar refractivity (Wildman–Crippen MR) is 45.5 cm³/mol. The third-order valence-corrected chi connectivity index (χ3v) is 1.57. The molecule has 0 aromatic rings. The van der Waals surface area contributed by atoms with E-state index in [1.807, 2.05) is 0 Å². The Morgan fingerprint density at radius 3 is 1.00 bits per heavy atom. The Kier molecular flexibility index (Phi) is 10.7. The van der Waals surface area contributed by atoms with E-state index in [1.54, 1.807) is 0 Å². The van der Waals surface area contributed by atoms with Crippen molar-refractivity contribution in [1.82, 2.24) is 0 Å². The maximum atomic E-state index is 4.98. The molecule has 13 heavy (non-hydrogen) atoms. The van der Waals surface area contributed by atoms with E-state index in [0.29, 0.717) is 0 Å². The summed E-state index contributed by atoms with van der Waals surface area (Å²) in [6, 6.07) is 0. The first-order chi connectivity index (χ1) is 6.00. The first-order valence-electron chi connectivity index (χ1n) is 4.42. The van der Waals surface area contributed by atoms with Gasteiger partial charge in [0, 0.05) is 0 Å². The second-order valence-corrected chi connectivity index (χ2v) is 2.57. The van der Waals surface area contributed by atoms with Crippen molar-refractivity contribution < 1.29 is 35.7 Å². The van der Waals surface area contributed by atoms with Crippen molar-refractivity contribution in [2.24, 2.45) is 0 Å². The van der Waals surface area contributed by atoms with Gasteiger partial charge in [0.15, 0.2) is 26.4 Å². The number of hydrogen-bond donors (Lipinski definition) is 0. The summed E-state index contributed by atoms with van der Waals surface area (Å²) in [4.78, 5) is 0. The summed E-state index contributed by atoms with van der Waals surface area (Å²) in [5.41, 5.74) is 0. The van der Waals surface area contributed by atoms with Gasteiger partial charge in [-0.2, -0.15) is 0 Å². The van der Waals surface area contributed by atoms with Crippen LogP contribution in [0.3, 0.4) is 0 Å². The Bertz CT molecular complexity index is 59.1. The Labute approximate surface area is 89.1 Å². The van der Waals surface area contributed by atoms with Crippen LogP contribution in [0.5, 0.6) is 0 Å². The summed E-state index contributed by atoms with van der Waals surface area (Å²) in [6.07, 6.45) is 0. The van der Waals surface area contributed by atoms with Crippen molar-refractivity contribution in [3.63, 3.8) is 0 Å². The summed E-state index contributed by atoms with van der Waals surface area (Å²) in [6.45, 7) is 6.94. The van der Waals surface area contributed by atoms with Crippen molar-refractivity contribution in [3.05, 3.63) is 0 Å². The number of ether oxygens (including phenoxy) is 4. The van der Waals surface area contributed by atoms with E-state index in [0.717, 1.165) is 52.9 Å². The molecule has 5 heteroatoms. The minimum atomic E-state index is 0. The average Bonchev–Trinajstić information content (AvgIpc) is 2.24. The summed E-state index contributed by atoms with van der Waals surface area (Å²) >= 11 is 0. The fraction of sp³-hybridized carbons (Fsp3) is 1.00. The molecule has 1 radical (unpaired) electrons. The minimum absolute atomic E-state index is 0. The van der Waals surface area contributed by atoms with Gasteiger partial charge < -0.3 is 18.9 Å². The van der Waals surface area contributed by atoms with E-state index in [4.69, 9.17) is 9.47 Å². The first-order valence-corrected chi connectivity index (χ1v) is 4.42. The normalized spacial score (nSPS) is 22.2. The molecule has 0 unspecified atom stereocenters. The number of hydrogen-bond acceptors (Lipinski definition) is 2. The van der Waals surface area contributed by atoms with E-state index in [9.17, 15) is 0 Å². The summed E-state index contributed by atoms with van der Waals surface area (Å²) in [7, 11) is 0. The van der Waals surface area contributed by atoms with E-state index in [-0.39, 0.29) is 16.8 Å². The van der Waals surface area contributed by atoms with E-state index >= 15 is 0 Å². The van der Waals surface area contributed by atoms with Crippen molar-refractivity contribution in [2.45, 2.75) is 0 Å². The van der Waals surface area contributed by atoms with Crippen LogP contribution in [-0.2, 0) is 26.3 Å². The van der Waals surface area contributed by atoms with Crippen LogP contribution in [0.15, 0.2) is 0 Å². The molecule has 0 aromatic carbocycles. The van der Waals surface area contributed by atoms with Crippen LogP contribution in [-0.4, -0.2) is 62.3 Å². The largest absolute Gasteiger partial charge is 2.00 e. The smallest absolute Gasteiger partial charge is 0.430 e. The molecular weight excluding hydrogens is 219 g/mol. The standard InChI is InChI=1S/2C4H8O2.Co/c2*1-2-6-4-3-5-1;/h2*1-4H2;/q;;+2/p+2. The summed E-state index contributed by atoms with van der Waals surface area (Å²) in [5.74, 6) is 0. The molecule has 0 aromatic heterocycles. The Morgan fingerprint density at radius 1 is 0.615 bits per heavy atom. The molecule has 79 valence electrons. The molecule has 2 aliphatic heterocycles. The zero-order chi connectivity index (χ0) is 8.49. The number of aliphatic hydroxyl groups is 4. The molecule has 2 saturated heterocycles. The van der Waals surface area contributed by atoms with Gasteiger partial charge in [0.1, 0.15) is 26.4 Å². The van der Waals surface area contributed by atoms with E-state index in [1.165, 1.54) is 0 Å². The fourth-order valence-corrected chi connectivity index (χ4v) is 0.944. The third kappa shape index (κ3) is 8.67. The van der Waals surface area contributed by atoms with Crippen LogP contribution in [0.25, 0.3) is 0 Å². The second kappa shape index (κ2) is 10.4. The molecule has 2 rings (SSSR count). The predicted octanol–water partition coefficient (Wildman–Crippen LogP) is -0.913. The molecule has 0 saturated carbocycles. The molecule has 2 heterocycles. The van der Waals surface area contributed by atoms with Gasteiger partial charge in [-0.25, -0.2) is 0 Å². The van der Waals surface area contributed by atoms with Gasteiger partial charge in [0.05, 0.1) is 0 Å². The van der Waals surface area contributed by atoms with Gasteiger partial charge in [-0.3, -0.25) is 0 Å². The van der Waals surface area contributed by atoms with Crippen LogP contribution < -0.4 is 0 Å². The molecule has 0 amide bonds. The zero-order valence-electron chi connectivity index (χ0n) is 7.70. The number of rotatable bonds is 0. The van der Waals surface area contributed by atoms with Gasteiger partial charge in [0.2, 0.25) is 0 Å². The van der Waals surface area contributed by atoms with Gasteiger partial charge in [-0.1, -0.05) is 0 Å². The van der Waals surface area contributed by atoms with Crippen LogP contribution in [0, 0.1) is 0 Å². The quantitative estimate of drug-likeness (QED) is 0.512. The second-order valence-electron chi connectivity index (χ2n) is 2.57. The van der Waals surface area contributed by atoms with Gasteiger partial charge in [-0.15, -0.1) is 0 Å². The van der Waals surface area contributed by atoms with Crippen LogP contribution >= 0.6 is 0 Å².